The molecule has 1 fully saturated rings. The van der Waals surface area contributed by atoms with E-state index in [-0.39, 0.29) is 11.8 Å². The van der Waals surface area contributed by atoms with Crippen LogP contribution in [0.1, 0.15) is 42.2 Å². The van der Waals surface area contributed by atoms with Crippen LogP contribution in [0.3, 0.4) is 0 Å². The van der Waals surface area contributed by atoms with Crippen LogP contribution in [0.25, 0.3) is 0 Å². The molecule has 1 aliphatic heterocycles. The van der Waals surface area contributed by atoms with Crippen LogP contribution in [0.4, 0.5) is 0 Å². The van der Waals surface area contributed by atoms with Crippen LogP contribution in [0.2, 0.25) is 0 Å². The van der Waals surface area contributed by atoms with Gasteiger partial charge >= 0.3 is 0 Å². The van der Waals surface area contributed by atoms with Gasteiger partial charge in [0, 0.05) is 37.1 Å². The van der Waals surface area contributed by atoms with Crippen molar-refractivity contribution in [1.29, 1.82) is 0 Å². The van der Waals surface area contributed by atoms with Gasteiger partial charge in [-0.1, -0.05) is 13.3 Å². The third-order valence-electron chi connectivity index (χ3n) is 4.09. The molecule has 23 heavy (non-hydrogen) atoms. The molecule has 6 nitrogen and oxygen atoms in total. The number of rotatable bonds is 6. The van der Waals surface area contributed by atoms with E-state index >= 15 is 0 Å². The lowest BCUT2D eigenvalue weighted by Crippen LogP contribution is -2.43. The number of aryl methyl sites for hydroxylation is 1. The zero-order valence-corrected chi connectivity index (χ0v) is 14.6. The maximum atomic E-state index is 12.3. The molecule has 1 saturated heterocycles. The average Bonchev–Trinajstić information content (AvgIpc) is 2.53. The Morgan fingerprint density at radius 1 is 1.48 bits per heavy atom. The molecule has 1 N–H and O–H groups in total. The maximum absolute atomic E-state index is 12.3. The number of amides is 1. The van der Waals surface area contributed by atoms with E-state index in [1.54, 1.807) is 12.3 Å². The first-order valence-corrected chi connectivity index (χ1v) is 9.93. The van der Waals surface area contributed by atoms with Gasteiger partial charge in [-0.25, -0.2) is 12.7 Å². The molecule has 0 aromatic carbocycles. The topological polar surface area (TPSA) is 79.4 Å². The summed E-state index contributed by atoms with van der Waals surface area (Å²) >= 11 is 0. The van der Waals surface area contributed by atoms with Crippen LogP contribution in [-0.2, 0) is 16.4 Å². The summed E-state index contributed by atoms with van der Waals surface area (Å²) in [7, 11) is -3.15. The molecule has 0 saturated carbocycles. The number of piperidine rings is 1. The first-order chi connectivity index (χ1) is 10.9. The first kappa shape index (κ1) is 17.9. The van der Waals surface area contributed by atoms with Crippen molar-refractivity contribution in [1.82, 2.24) is 14.6 Å². The molecule has 0 spiro atoms. The van der Waals surface area contributed by atoms with Crippen LogP contribution in [0.5, 0.6) is 0 Å². The normalized spacial score (nSPS) is 19.5. The van der Waals surface area contributed by atoms with Crippen LogP contribution >= 0.6 is 0 Å². The minimum atomic E-state index is -3.15. The summed E-state index contributed by atoms with van der Waals surface area (Å²) in [5, 5.41) is 2.92. The van der Waals surface area contributed by atoms with E-state index in [9.17, 15) is 13.2 Å². The number of nitrogens with zero attached hydrogens (tertiary/aromatic N) is 2. The summed E-state index contributed by atoms with van der Waals surface area (Å²) in [5.74, 6) is 0.0422. The molecule has 0 radical (unpaired) electrons. The summed E-state index contributed by atoms with van der Waals surface area (Å²) in [6.45, 7) is 3.63. The Balaban J connectivity index is 1.90. The van der Waals surface area contributed by atoms with Gasteiger partial charge in [-0.15, -0.1) is 0 Å². The van der Waals surface area contributed by atoms with Crippen LogP contribution < -0.4 is 5.32 Å². The SMILES string of the molecule is CCCc1cc(C(=O)NC[C@H]2CCCN(S(C)(=O)=O)C2)ccn1. The van der Waals surface area contributed by atoms with Gasteiger partial charge in [0.1, 0.15) is 0 Å². The highest BCUT2D eigenvalue weighted by atomic mass is 32.2. The first-order valence-electron chi connectivity index (χ1n) is 8.08. The quantitative estimate of drug-likeness (QED) is 0.850. The molecule has 1 aliphatic rings. The van der Waals surface area contributed by atoms with Crippen molar-refractivity contribution in [3.63, 3.8) is 0 Å². The van der Waals surface area contributed by atoms with Gasteiger partial charge in [-0.2, -0.15) is 0 Å². The second-order valence-corrected chi connectivity index (χ2v) is 8.11. The molecule has 7 heteroatoms. The number of nitrogens with one attached hydrogen (secondary N) is 1. The summed E-state index contributed by atoms with van der Waals surface area (Å²) in [6.07, 6.45) is 6.51. The lowest BCUT2D eigenvalue weighted by molar-refractivity contribution is 0.0941. The Labute approximate surface area is 138 Å². The predicted octanol–water partition coefficient (Wildman–Crippen LogP) is 1.44. The monoisotopic (exact) mass is 339 g/mol. The second-order valence-electron chi connectivity index (χ2n) is 6.13. The highest BCUT2D eigenvalue weighted by molar-refractivity contribution is 7.88. The van der Waals surface area contributed by atoms with Crippen molar-refractivity contribution >= 4 is 15.9 Å². The summed E-state index contributed by atoms with van der Waals surface area (Å²) in [6, 6.07) is 3.53. The van der Waals surface area contributed by atoms with E-state index in [0.717, 1.165) is 31.4 Å². The zero-order valence-electron chi connectivity index (χ0n) is 13.8. The molecule has 0 bridgehead atoms. The third-order valence-corrected chi connectivity index (χ3v) is 5.36. The van der Waals surface area contributed by atoms with Gasteiger partial charge in [0.25, 0.3) is 5.91 Å². The molecule has 2 rings (SSSR count). The van der Waals surface area contributed by atoms with Crippen molar-refractivity contribution in [3.05, 3.63) is 29.6 Å². The highest BCUT2D eigenvalue weighted by Gasteiger charge is 2.26. The van der Waals surface area contributed by atoms with Crippen molar-refractivity contribution in [2.24, 2.45) is 5.92 Å². The minimum Gasteiger partial charge on any atom is -0.352 e. The average molecular weight is 339 g/mol. The molecular formula is C16H25N3O3S. The number of hydrogen-bond donors (Lipinski definition) is 1. The van der Waals surface area contributed by atoms with E-state index in [1.807, 2.05) is 6.07 Å². The molecule has 1 amide bonds. The number of aromatic nitrogens is 1. The van der Waals surface area contributed by atoms with Gasteiger partial charge in [-0.05, 0) is 37.3 Å². The Kier molecular flexibility index (Phi) is 6.12. The third kappa shape index (κ3) is 5.28. The largest absolute Gasteiger partial charge is 0.352 e. The minimum absolute atomic E-state index is 0.124. The fraction of sp³-hybridized carbons (Fsp3) is 0.625. The van der Waals surface area contributed by atoms with Gasteiger partial charge in [0.05, 0.1) is 6.26 Å². The number of carbonyl (C=O) groups is 1. The lowest BCUT2D eigenvalue weighted by atomic mass is 9.99. The number of hydrogen-bond acceptors (Lipinski definition) is 4. The van der Waals surface area contributed by atoms with E-state index in [4.69, 9.17) is 0 Å². The smallest absolute Gasteiger partial charge is 0.251 e. The Bertz CT molecular complexity index is 646. The van der Waals surface area contributed by atoms with Gasteiger partial charge in [-0.3, -0.25) is 9.78 Å². The molecule has 0 aliphatic carbocycles. The van der Waals surface area contributed by atoms with E-state index in [1.165, 1.54) is 10.6 Å². The Morgan fingerprint density at radius 2 is 2.26 bits per heavy atom. The summed E-state index contributed by atoms with van der Waals surface area (Å²) < 4.78 is 24.7. The van der Waals surface area contributed by atoms with Crippen molar-refractivity contribution in [3.8, 4) is 0 Å². The number of carbonyl (C=O) groups excluding carboxylic acids is 1. The molecule has 1 aromatic rings. The molecule has 2 heterocycles. The lowest BCUT2D eigenvalue weighted by Gasteiger charge is -2.30. The highest BCUT2D eigenvalue weighted by Crippen LogP contribution is 2.18. The summed E-state index contributed by atoms with van der Waals surface area (Å²) in [5.41, 5.74) is 1.53. The standard InChI is InChI=1S/C16H25N3O3S/c1-3-5-15-10-14(7-8-17-15)16(20)18-11-13-6-4-9-19(12-13)23(2,21)22/h7-8,10,13H,3-6,9,11-12H2,1-2H3,(H,18,20)/t13-/m1/s1. The maximum Gasteiger partial charge on any atom is 0.251 e. The van der Waals surface area contributed by atoms with Crippen LogP contribution in [0.15, 0.2) is 18.3 Å². The fourth-order valence-electron chi connectivity index (χ4n) is 2.85. The van der Waals surface area contributed by atoms with Gasteiger partial charge < -0.3 is 5.32 Å². The van der Waals surface area contributed by atoms with Gasteiger partial charge in [0.15, 0.2) is 0 Å². The van der Waals surface area contributed by atoms with Crippen LogP contribution in [0, 0.1) is 5.92 Å². The summed E-state index contributed by atoms with van der Waals surface area (Å²) in [4.78, 5) is 16.5. The van der Waals surface area contributed by atoms with Crippen LogP contribution in [-0.4, -0.2) is 49.5 Å². The molecule has 1 atom stereocenters. The Morgan fingerprint density at radius 3 is 2.96 bits per heavy atom. The van der Waals surface area contributed by atoms with E-state index in [2.05, 4.69) is 17.2 Å². The van der Waals surface area contributed by atoms with Crippen molar-refractivity contribution < 1.29 is 13.2 Å². The number of sulfonamides is 1. The second kappa shape index (κ2) is 7.88. The van der Waals surface area contributed by atoms with E-state index < -0.39 is 10.0 Å². The van der Waals surface area contributed by atoms with Crippen molar-refractivity contribution in [2.75, 3.05) is 25.9 Å². The molecule has 128 valence electrons. The fourth-order valence-corrected chi connectivity index (χ4v) is 3.79. The Hall–Kier alpha value is -1.47. The molecule has 0 unspecified atom stereocenters. The van der Waals surface area contributed by atoms with E-state index in [0.29, 0.717) is 25.2 Å². The van der Waals surface area contributed by atoms with Crippen molar-refractivity contribution in [2.45, 2.75) is 32.6 Å². The van der Waals surface area contributed by atoms with Gasteiger partial charge in [0.2, 0.25) is 10.0 Å². The molecular weight excluding hydrogens is 314 g/mol. The number of pyridine rings is 1. The predicted molar refractivity (Wildman–Crippen MR) is 89.7 cm³/mol. The molecule has 1 aromatic heterocycles. The zero-order chi connectivity index (χ0) is 16.9.